The van der Waals surface area contributed by atoms with Crippen molar-refractivity contribution in [2.75, 3.05) is 18.1 Å². The molecule has 1 fully saturated rings. The van der Waals surface area contributed by atoms with Gasteiger partial charge in [-0.2, -0.15) is 0 Å². The summed E-state index contributed by atoms with van der Waals surface area (Å²) in [5.41, 5.74) is 5.42. The van der Waals surface area contributed by atoms with Gasteiger partial charge in [0.05, 0.1) is 12.1 Å². The molecule has 1 saturated heterocycles. The molecule has 1 aromatic rings. The van der Waals surface area contributed by atoms with Crippen LogP contribution in [0.25, 0.3) is 0 Å². The Balaban J connectivity index is 2.21. The fourth-order valence-corrected chi connectivity index (χ4v) is 1.47. The molecule has 7 nitrogen and oxygen atoms in total. The van der Waals surface area contributed by atoms with Crippen molar-refractivity contribution in [3.05, 3.63) is 5.82 Å². The number of nitrogen functional groups attached to an aromatic ring is 2. The molecule has 0 bridgehead atoms. The van der Waals surface area contributed by atoms with E-state index in [0.29, 0.717) is 18.8 Å². The Kier molecular flexibility index (Phi) is 1.82. The molecule has 2 atom stereocenters. The van der Waals surface area contributed by atoms with Crippen molar-refractivity contribution in [2.45, 2.75) is 18.6 Å². The molecule has 0 amide bonds. The molecule has 2 unspecified atom stereocenters. The van der Waals surface area contributed by atoms with Crippen LogP contribution in [0.1, 0.15) is 18.3 Å². The second-order valence-electron chi connectivity index (χ2n) is 3.14. The number of anilines is 1. The number of aliphatic hydroxyl groups excluding tert-OH is 1. The highest BCUT2D eigenvalue weighted by molar-refractivity contribution is 5.19. The smallest absolute Gasteiger partial charge is 0.240 e. The summed E-state index contributed by atoms with van der Waals surface area (Å²) in [6.07, 6.45) is 0.248. The van der Waals surface area contributed by atoms with Gasteiger partial charge in [0.1, 0.15) is 0 Å². The maximum absolute atomic E-state index is 9.27. The Hall–Kier alpha value is -1.34. The topological polar surface area (TPSA) is 115 Å². The standard InChI is InChI=1S/C6H12N6O/c7-6-11-10-5(12(6)8)4-1-3(13)2-9-4/h3-4,9,13H,1-2,8H2,(H2,7,11). The molecule has 0 aromatic carbocycles. The average molecular weight is 184 g/mol. The van der Waals surface area contributed by atoms with Crippen molar-refractivity contribution in [1.82, 2.24) is 20.2 Å². The van der Waals surface area contributed by atoms with E-state index in [2.05, 4.69) is 15.5 Å². The van der Waals surface area contributed by atoms with Gasteiger partial charge in [0.25, 0.3) is 0 Å². The number of β-amino-alcohol motifs (C(OH)–C–C–N with tert-alkyl or cyclic N) is 1. The highest BCUT2D eigenvalue weighted by atomic mass is 16.3. The first-order chi connectivity index (χ1) is 6.18. The number of nitrogens with two attached hydrogens (primary N) is 2. The molecular weight excluding hydrogens is 172 g/mol. The van der Waals surface area contributed by atoms with E-state index in [9.17, 15) is 5.11 Å². The molecule has 0 spiro atoms. The molecule has 6 N–H and O–H groups in total. The highest BCUT2D eigenvalue weighted by Gasteiger charge is 2.27. The van der Waals surface area contributed by atoms with Crippen molar-refractivity contribution < 1.29 is 5.11 Å². The van der Waals surface area contributed by atoms with Crippen LogP contribution in [0.4, 0.5) is 5.95 Å². The number of aliphatic hydroxyl groups is 1. The molecule has 1 aliphatic rings. The summed E-state index contributed by atoms with van der Waals surface area (Å²) < 4.78 is 1.23. The minimum absolute atomic E-state index is 0.0511. The zero-order valence-corrected chi connectivity index (χ0v) is 7.01. The van der Waals surface area contributed by atoms with Crippen molar-refractivity contribution in [1.29, 1.82) is 0 Å². The van der Waals surface area contributed by atoms with Crippen molar-refractivity contribution in [2.24, 2.45) is 0 Å². The predicted octanol–water partition coefficient (Wildman–Crippen LogP) is -2.03. The maximum atomic E-state index is 9.27. The number of nitrogens with zero attached hydrogens (tertiary/aromatic N) is 3. The number of rotatable bonds is 1. The van der Waals surface area contributed by atoms with Crippen LogP contribution in [0.3, 0.4) is 0 Å². The van der Waals surface area contributed by atoms with Crippen LogP contribution < -0.4 is 16.9 Å². The first-order valence-electron chi connectivity index (χ1n) is 4.06. The summed E-state index contributed by atoms with van der Waals surface area (Å²) in [6.45, 7) is 0.553. The molecule has 0 saturated carbocycles. The van der Waals surface area contributed by atoms with Gasteiger partial charge >= 0.3 is 0 Å². The Labute approximate surface area is 74.7 Å². The van der Waals surface area contributed by atoms with E-state index >= 15 is 0 Å². The lowest BCUT2D eigenvalue weighted by molar-refractivity contribution is 0.193. The van der Waals surface area contributed by atoms with Crippen LogP contribution in [0, 0.1) is 0 Å². The fourth-order valence-electron chi connectivity index (χ4n) is 1.47. The van der Waals surface area contributed by atoms with E-state index in [-0.39, 0.29) is 18.1 Å². The Morgan fingerprint density at radius 1 is 1.54 bits per heavy atom. The second-order valence-corrected chi connectivity index (χ2v) is 3.14. The van der Waals surface area contributed by atoms with Gasteiger partial charge in [0, 0.05) is 6.54 Å². The molecule has 7 heteroatoms. The molecule has 1 aromatic heterocycles. The lowest BCUT2D eigenvalue weighted by Crippen LogP contribution is -2.23. The van der Waals surface area contributed by atoms with Crippen LogP contribution in [-0.2, 0) is 0 Å². The van der Waals surface area contributed by atoms with Crippen molar-refractivity contribution >= 4 is 5.95 Å². The number of aromatic nitrogens is 3. The lowest BCUT2D eigenvalue weighted by atomic mass is 10.2. The third-order valence-corrected chi connectivity index (χ3v) is 2.17. The molecule has 1 aliphatic heterocycles. The van der Waals surface area contributed by atoms with Gasteiger partial charge in [-0.05, 0) is 6.42 Å². The first-order valence-corrected chi connectivity index (χ1v) is 4.06. The number of hydrogen-bond donors (Lipinski definition) is 4. The van der Waals surface area contributed by atoms with Crippen LogP contribution in [0.5, 0.6) is 0 Å². The second kappa shape index (κ2) is 2.86. The zero-order valence-electron chi connectivity index (χ0n) is 7.01. The van der Waals surface area contributed by atoms with Gasteiger partial charge in [-0.25, -0.2) is 4.68 Å². The van der Waals surface area contributed by atoms with Crippen LogP contribution in [-0.4, -0.2) is 32.6 Å². The first kappa shape index (κ1) is 8.27. The minimum Gasteiger partial charge on any atom is -0.392 e. The Morgan fingerprint density at radius 2 is 2.31 bits per heavy atom. The third kappa shape index (κ3) is 1.31. The summed E-state index contributed by atoms with van der Waals surface area (Å²) in [5.74, 6) is 6.32. The van der Waals surface area contributed by atoms with Gasteiger partial charge in [-0.15, -0.1) is 10.2 Å². The minimum atomic E-state index is -0.345. The normalized spacial score (nSPS) is 28.1. The fraction of sp³-hybridized carbons (Fsp3) is 0.667. The van der Waals surface area contributed by atoms with E-state index < -0.39 is 0 Å². The molecule has 0 radical (unpaired) electrons. The molecule has 72 valence electrons. The summed E-state index contributed by atoms with van der Waals surface area (Å²) >= 11 is 0. The van der Waals surface area contributed by atoms with Crippen LogP contribution in [0.2, 0.25) is 0 Å². The highest BCUT2D eigenvalue weighted by Crippen LogP contribution is 2.21. The predicted molar refractivity (Wildman–Crippen MR) is 46.0 cm³/mol. The lowest BCUT2D eigenvalue weighted by Gasteiger charge is -2.07. The average Bonchev–Trinajstić information content (AvgIpc) is 2.62. The maximum Gasteiger partial charge on any atom is 0.240 e. The Bertz CT molecular complexity index is 310. The van der Waals surface area contributed by atoms with Gasteiger partial charge < -0.3 is 22.0 Å². The third-order valence-electron chi connectivity index (χ3n) is 2.17. The van der Waals surface area contributed by atoms with Crippen LogP contribution >= 0.6 is 0 Å². The van der Waals surface area contributed by atoms with E-state index in [0.717, 1.165) is 0 Å². The van der Waals surface area contributed by atoms with Gasteiger partial charge in [0.15, 0.2) is 5.82 Å². The van der Waals surface area contributed by atoms with Crippen LogP contribution in [0.15, 0.2) is 0 Å². The van der Waals surface area contributed by atoms with Crippen molar-refractivity contribution in [3.8, 4) is 0 Å². The van der Waals surface area contributed by atoms with E-state index in [1.165, 1.54) is 4.68 Å². The summed E-state index contributed by atoms with van der Waals surface area (Å²) in [4.78, 5) is 0. The van der Waals surface area contributed by atoms with E-state index in [1.54, 1.807) is 0 Å². The molecule has 2 rings (SSSR count). The zero-order chi connectivity index (χ0) is 9.42. The molecular formula is C6H12N6O. The largest absolute Gasteiger partial charge is 0.392 e. The monoisotopic (exact) mass is 184 g/mol. The number of hydrogen-bond acceptors (Lipinski definition) is 6. The summed E-state index contributed by atoms with van der Waals surface area (Å²) in [7, 11) is 0. The van der Waals surface area contributed by atoms with Gasteiger partial charge in [-0.3, -0.25) is 0 Å². The quantitative estimate of drug-likeness (QED) is 0.374. The SMILES string of the molecule is Nc1nnc(C2CC(O)CN2)n1N. The molecule has 2 heterocycles. The summed E-state index contributed by atoms with van der Waals surface area (Å²) in [5, 5.41) is 19.8. The van der Waals surface area contributed by atoms with E-state index in [4.69, 9.17) is 11.6 Å². The van der Waals surface area contributed by atoms with E-state index in [1.807, 2.05) is 0 Å². The van der Waals surface area contributed by atoms with Gasteiger partial charge in [-0.1, -0.05) is 0 Å². The Morgan fingerprint density at radius 3 is 2.77 bits per heavy atom. The molecule has 13 heavy (non-hydrogen) atoms. The molecule has 0 aliphatic carbocycles. The number of nitrogens with one attached hydrogen (secondary N) is 1. The van der Waals surface area contributed by atoms with Gasteiger partial charge in [0.2, 0.25) is 5.95 Å². The van der Waals surface area contributed by atoms with Crippen molar-refractivity contribution in [3.63, 3.8) is 0 Å². The summed E-state index contributed by atoms with van der Waals surface area (Å²) in [6, 6.07) is -0.0511.